The number of alkyl halides is 3. The number of benzene rings is 1. The van der Waals surface area contributed by atoms with Gasteiger partial charge in [0.05, 0.1) is 23.0 Å². The summed E-state index contributed by atoms with van der Waals surface area (Å²) in [5.74, 6) is -0.155. The highest BCUT2D eigenvalue weighted by Crippen LogP contribution is 2.34. The number of halogens is 3. The summed E-state index contributed by atoms with van der Waals surface area (Å²) in [4.78, 5) is 19.4. The molecule has 2 atom stereocenters. The Morgan fingerprint density at radius 2 is 2.00 bits per heavy atom. The lowest BCUT2D eigenvalue weighted by Gasteiger charge is -2.45. The van der Waals surface area contributed by atoms with Crippen molar-refractivity contribution in [1.29, 1.82) is 0 Å². The van der Waals surface area contributed by atoms with Crippen LogP contribution in [0.4, 0.5) is 24.8 Å². The molecule has 10 heteroatoms. The lowest BCUT2D eigenvalue weighted by molar-refractivity contribution is -0.136. The number of piperazine rings is 1. The molecule has 0 unspecified atom stereocenters. The molecule has 2 aromatic heterocycles. The molecule has 1 aromatic carbocycles. The van der Waals surface area contributed by atoms with Crippen molar-refractivity contribution in [2.75, 3.05) is 23.3 Å². The number of para-hydroxylation sites is 1. The van der Waals surface area contributed by atoms with E-state index < -0.39 is 17.6 Å². The maximum Gasteiger partial charge on any atom is 0.418 e. The molecule has 0 aliphatic carbocycles. The van der Waals surface area contributed by atoms with Crippen LogP contribution < -0.4 is 15.5 Å². The number of nitrogens with zero attached hydrogens (tertiary/aromatic N) is 4. The van der Waals surface area contributed by atoms with Crippen molar-refractivity contribution in [2.24, 2.45) is 0 Å². The Balaban J connectivity index is 1.46. The van der Waals surface area contributed by atoms with E-state index in [1.54, 1.807) is 12.3 Å². The van der Waals surface area contributed by atoms with Gasteiger partial charge in [-0.1, -0.05) is 12.1 Å². The highest BCUT2D eigenvalue weighted by molar-refractivity contribution is 6.04. The Morgan fingerprint density at radius 3 is 2.70 bits per heavy atom. The van der Waals surface area contributed by atoms with E-state index in [1.165, 1.54) is 28.8 Å². The molecule has 2 N–H and O–H groups in total. The van der Waals surface area contributed by atoms with Crippen LogP contribution in [0.25, 0.3) is 5.52 Å². The minimum Gasteiger partial charge on any atom is -0.334 e. The first kappa shape index (κ1) is 18.9. The third-order valence-corrected chi connectivity index (χ3v) is 5.71. The van der Waals surface area contributed by atoms with Gasteiger partial charge >= 0.3 is 6.18 Å². The summed E-state index contributed by atoms with van der Waals surface area (Å²) in [6.07, 6.45) is -0.786. The van der Waals surface area contributed by atoms with E-state index in [0.717, 1.165) is 32.0 Å². The maximum atomic E-state index is 13.2. The van der Waals surface area contributed by atoms with Crippen LogP contribution in [0.3, 0.4) is 0 Å². The van der Waals surface area contributed by atoms with Gasteiger partial charge in [0.15, 0.2) is 0 Å². The van der Waals surface area contributed by atoms with E-state index in [9.17, 15) is 18.0 Å². The first-order chi connectivity index (χ1) is 14.4. The molecule has 3 fully saturated rings. The molecule has 3 aliphatic heterocycles. The summed E-state index contributed by atoms with van der Waals surface area (Å²) in [5, 5.41) is 10.4. The van der Waals surface area contributed by atoms with Crippen LogP contribution in [0.5, 0.6) is 0 Å². The fourth-order valence-corrected chi connectivity index (χ4v) is 4.18. The van der Waals surface area contributed by atoms with Crippen molar-refractivity contribution in [3.05, 3.63) is 53.9 Å². The van der Waals surface area contributed by atoms with Crippen molar-refractivity contribution in [3.63, 3.8) is 0 Å². The lowest BCUT2D eigenvalue weighted by Crippen LogP contribution is -2.61. The first-order valence-electron chi connectivity index (χ1n) is 9.72. The van der Waals surface area contributed by atoms with Crippen LogP contribution in [0.15, 0.2) is 42.6 Å². The van der Waals surface area contributed by atoms with Gasteiger partial charge in [-0.25, -0.2) is 9.50 Å². The number of anilines is 2. The Kier molecular flexibility index (Phi) is 4.39. The van der Waals surface area contributed by atoms with E-state index in [-0.39, 0.29) is 11.4 Å². The van der Waals surface area contributed by atoms with E-state index in [4.69, 9.17) is 0 Å². The summed E-state index contributed by atoms with van der Waals surface area (Å²) in [6, 6.07) is 8.77. The molecule has 7 nitrogen and oxygen atoms in total. The Morgan fingerprint density at radius 1 is 1.17 bits per heavy atom. The first-order valence-corrected chi connectivity index (χ1v) is 9.72. The zero-order valence-corrected chi connectivity index (χ0v) is 15.9. The molecule has 5 heterocycles. The number of carbonyl (C=O) groups excluding carboxylic acids is 1. The summed E-state index contributed by atoms with van der Waals surface area (Å²) < 4.78 is 41.2. The third-order valence-electron chi connectivity index (χ3n) is 5.71. The van der Waals surface area contributed by atoms with E-state index in [0.29, 0.717) is 23.5 Å². The normalized spacial score (nSPS) is 21.2. The molecule has 0 radical (unpaired) electrons. The molecule has 2 bridgehead atoms. The van der Waals surface area contributed by atoms with Crippen molar-refractivity contribution in [3.8, 4) is 0 Å². The van der Waals surface area contributed by atoms with Gasteiger partial charge in [0.2, 0.25) is 5.95 Å². The predicted molar refractivity (Wildman–Crippen MR) is 105 cm³/mol. The molecule has 0 saturated carbocycles. The van der Waals surface area contributed by atoms with Crippen LogP contribution in [0.2, 0.25) is 0 Å². The van der Waals surface area contributed by atoms with Crippen LogP contribution in [-0.4, -0.2) is 45.7 Å². The van der Waals surface area contributed by atoms with Crippen LogP contribution in [0, 0.1) is 0 Å². The van der Waals surface area contributed by atoms with Gasteiger partial charge in [0, 0.05) is 25.2 Å². The number of hydrogen-bond acceptors (Lipinski definition) is 5. The molecular formula is C20H19F3N6O. The second-order valence-corrected chi connectivity index (χ2v) is 7.60. The predicted octanol–water partition coefficient (Wildman–Crippen LogP) is 2.94. The number of hydrogen-bond donors (Lipinski definition) is 2. The minimum absolute atomic E-state index is 0.144. The number of aromatic nitrogens is 3. The van der Waals surface area contributed by atoms with Crippen LogP contribution in [-0.2, 0) is 6.18 Å². The van der Waals surface area contributed by atoms with Crippen molar-refractivity contribution in [1.82, 2.24) is 19.9 Å². The molecule has 30 heavy (non-hydrogen) atoms. The Bertz CT molecular complexity index is 1100. The summed E-state index contributed by atoms with van der Waals surface area (Å²) in [6.45, 7) is 1.65. The monoisotopic (exact) mass is 416 g/mol. The van der Waals surface area contributed by atoms with Crippen LogP contribution >= 0.6 is 0 Å². The molecule has 3 saturated heterocycles. The van der Waals surface area contributed by atoms with Crippen molar-refractivity contribution in [2.45, 2.75) is 31.1 Å². The Hall–Kier alpha value is -3.14. The maximum absolute atomic E-state index is 13.2. The van der Waals surface area contributed by atoms with Gasteiger partial charge < -0.3 is 15.5 Å². The molecular weight excluding hydrogens is 397 g/mol. The van der Waals surface area contributed by atoms with Gasteiger partial charge in [-0.3, -0.25) is 4.79 Å². The number of piperidine rings is 2. The quantitative estimate of drug-likeness (QED) is 0.687. The average molecular weight is 416 g/mol. The number of carbonyl (C=O) groups is 1. The van der Waals surface area contributed by atoms with Crippen molar-refractivity contribution < 1.29 is 18.0 Å². The third kappa shape index (κ3) is 3.26. The molecule has 156 valence electrons. The number of fused-ring (bicyclic) bond motifs is 4. The van der Waals surface area contributed by atoms with Gasteiger partial charge in [0.1, 0.15) is 5.69 Å². The average Bonchev–Trinajstić information content (AvgIpc) is 3.17. The highest BCUT2D eigenvalue weighted by Gasteiger charge is 2.35. The summed E-state index contributed by atoms with van der Waals surface area (Å²) in [5.41, 5.74) is -0.454. The number of rotatable bonds is 3. The fraction of sp³-hybridized carbons (Fsp3) is 0.350. The number of nitrogens with one attached hydrogen (secondary N) is 2. The minimum atomic E-state index is -4.57. The van der Waals surface area contributed by atoms with E-state index in [1.807, 2.05) is 0 Å². The van der Waals surface area contributed by atoms with E-state index in [2.05, 4.69) is 25.6 Å². The molecule has 1 amide bonds. The molecule has 3 aliphatic rings. The van der Waals surface area contributed by atoms with Gasteiger partial charge in [-0.15, -0.1) is 5.10 Å². The summed E-state index contributed by atoms with van der Waals surface area (Å²) in [7, 11) is 0. The molecule has 0 spiro atoms. The SMILES string of the molecule is O=C(Nc1ccccc1C(F)(F)F)c1ccc2cnc(N3C[C@H]4CC[C@H]3CN4)nn12. The van der Waals surface area contributed by atoms with Gasteiger partial charge in [0.25, 0.3) is 5.91 Å². The molecule has 6 rings (SSSR count). The number of amides is 1. The largest absolute Gasteiger partial charge is 0.418 e. The smallest absolute Gasteiger partial charge is 0.334 e. The van der Waals surface area contributed by atoms with Gasteiger partial charge in [-0.05, 0) is 37.1 Å². The fourth-order valence-electron chi connectivity index (χ4n) is 4.18. The molecule has 3 aromatic rings. The topological polar surface area (TPSA) is 74.6 Å². The highest BCUT2D eigenvalue weighted by atomic mass is 19.4. The Labute approximate surface area is 169 Å². The van der Waals surface area contributed by atoms with Crippen LogP contribution in [0.1, 0.15) is 28.9 Å². The van der Waals surface area contributed by atoms with Crippen molar-refractivity contribution >= 4 is 23.1 Å². The standard InChI is InChI=1S/C20H19F3N6O/c21-20(22,23)15-3-1-2-4-16(15)26-18(30)17-8-7-14-10-25-19(27-29(14)17)28-11-12-5-6-13(28)9-24-12/h1-4,7-8,10,12-13,24H,5-6,9,11H2,(H,26,30)/t12-,13+/m1/s1. The second-order valence-electron chi connectivity index (χ2n) is 7.60. The zero-order valence-electron chi connectivity index (χ0n) is 15.9. The van der Waals surface area contributed by atoms with E-state index >= 15 is 0 Å². The second kappa shape index (κ2) is 6.98. The summed E-state index contributed by atoms with van der Waals surface area (Å²) >= 11 is 0. The zero-order chi connectivity index (χ0) is 20.9. The lowest BCUT2D eigenvalue weighted by atomic mass is 9.93. The van der Waals surface area contributed by atoms with Gasteiger partial charge in [-0.2, -0.15) is 13.2 Å².